The SMILES string of the molecule is CCCCNC(=O)[C@@H](CC)N(Cc1ccc(F)cc1)C(=O)CCN1C(=O)[C@H]2CC=CC[C@H]2C1=O. The van der Waals surface area contributed by atoms with Crippen molar-refractivity contribution in [3.63, 3.8) is 0 Å². The zero-order valence-electron chi connectivity index (χ0n) is 20.0. The van der Waals surface area contributed by atoms with Crippen LogP contribution in [-0.2, 0) is 25.7 Å². The van der Waals surface area contributed by atoms with E-state index in [0.717, 1.165) is 12.8 Å². The van der Waals surface area contributed by atoms with Crippen LogP contribution in [0.3, 0.4) is 0 Å². The number of unbranched alkanes of at least 4 members (excludes halogenated alkanes) is 1. The molecule has 0 bridgehead atoms. The highest BCUT2D eigenvalue weighted by atomic mass is 19.1. The first-order valence-corrected chi connectivity index (χ1v) is 12.2. The minimum atomic E-state index is -0.703. The van der Waals surface area contributed by atoms with Gasteiger partial charge in [0.15, 0.2) is 0 Å². The lowest BCUT2D eigenvalue weighted by Crippen LogP contribution is -2.49. The summed E-state index contributed by atoms with van der Waals surface area (Å²) in [4.78, 5) is 54.4. The molecule has 4 amide bonds. The normalized spacial score (nSPS) is 20.3. The molecule has 1 N–H and O–H groups in total. The van der Waals surface area contributed by atoms with Crippen LogP contribution < -0.4 is 5.32 Å². The van der Waals surface area contributed by atoms with Crippen LogP contribution in [0.1, 0.15) is 57.9 Å². The van der Waals surface area contributed by atoms with Gasteiger partial charge >= 0.3 is 0 Å². The summed E-state index contributed by atoms with van der Waals surface area (Å²) in [6.45, 7) is 4.52. The Labute approximate surface area is 200 Å². The standard InChI is InChI=1S/C26H34FN3O4/c1-3-5-15-28-24(32)22(4-2)30(17-18-10-12-19(27)13-11-18)23(31)14-16-29-25(33)20-8-6-7-9-21(20)26(29)34/h6-7,10-13,20-22H,3-5,8-9,14-17H2,1-2H3,(H,28,32)/t20-,21+,22-/m1/s1. The van der Waals surface area contributed by atoms with Crippen molar-refractivity contribution in [2.75, 3.05) is 13.1 Å². The summed E-state index contributed by atoms with van der Waals surface area (Å²) >= 11 is 0. The second-order valence-corrected chi connectivity index (χ2v) is 8.95. The highest BCUT2D eigenvalue weighted by molar-refractivity contribution is 6.05. The zero-order valence-corrected chi connectivity index (χ0v) is 20.0. The largest absolute Gasteiger partial charge is 0.354 e. The minimum absolute atomic E-state index is 0.00267. The number of amides is 4. The molecular weight excluding hydrogens is 437 g/mol. The van der Waals surface area contributed by atoms with Gasteiger partial charge in [0.1, 0.15) is 11.9 Å². The number of fused-ring (bicyclic) bond motifs is 1. The van der Waals surface area contributed by atoms with Crippen LogP contribution in [0.15, 0.2) is 36.4 Å². The molecule has 0 saturated carbocycles. The third kappa shape index (κ3) is 5.90. The maximum absolute atomic E-state index is 13.4. The maximum Gasteiger partial charge on any atom is 0.242 e. The molecule has 1 fully saturated rings. The van der Waals surface area contributed by atoms with Crippen molar-refractivity contribution in [2.24, 2.45) is 11.8 Å². The van der Waals surface area contributed by atoms with Gasteiger partial charge in [0.25, 0.3) is 0 Å². The minimum Gasteiger partial charge on any atom is -0.354 e. The van der Waals surface area contributed by atoms with Gasteiger partial charge in [0.05, 0.1) is 11.8 Å². The summed E-state index contributed by atoms with van der Waals surface area (Å²) in [6, 6.07) is 5.10. The van der Waals surface area contributed by atoms with Crippen LogP contribution in [-0.4, -0.2) is 52.6 Å². The van der Waals surface area contributed by atoms with Gasteiger partial charge in [-0.1, -0.05) is 44.6 Å². The average molecular weight is 472 g/mol. The van der Waals surface area contributed by atoms with E-state index in [0.29, 0.717) is 31.4 Å². The molecule has 1 aromatic carbocycles. The van der Waals surface area contributed by atoms with Crippen molar-refractivity contribution in [1.29, 1.82) is 0 Å². The fourth-order valence-electron chi connectivity index (χ4n) is 4.65. The molecule has 1 aromatic rings. The molecule has 0 unspecified atom stereocenters. The quantitative estimate of drug-likeness (QED) is 0.305. The number of hydrogen-bond acceptors (Lipinski definition) is 4. The van der Waals surface area contributed by atoms with Crippen LogP contribution in [0.5, 0.6) is 0 Å². The Hall–Kier alpha value is -3.03. The predicted molar refractivity (Wildman–Crippen MR) is 126 cm³/mol. The Balaban J connectivity index is 1.72. The van der Waals surface area contributed by atoms with E-state index in [2.05, 4.69) is 5.32 Å². The topological polar surface area (TPSA) is 86.8 Å². The summed E-state index contributed by atoms with van der Waals surface area (Å²) in [5.74, 6) is -2.06. The molecular formula is C26H34FN3O4. The van der Waals surface area contributed by atoms with Crippen molar-refractivity contribution in [1.82, 2.24) is 15.1 Å². The predicted octanol–water partition coefficient (Wildman–Crippen LogP) is 3.19. The number of carbonyl (C=O) groups is 4. The van der Waals surface area contributed by atoms with Crippen LogP contribution in [0, 0.1) is 17.7 Å². The molecule has 0 aromatic heterocycles. The highest BCUT2D eigenvalue weighted by Crippen LogP contribution is 2.35. The van der Waals surface area contributed by atoms with Gasteiger partial charge in [-0.2, -0.15) is 0 Å². The van der Waals surface area contributed by atoms with Crippen molar-refractivity contribution in [3.05, 3.63) is 47.8 Å². The summed E-state index contributed by atoms with van der Waals surface area (Å²) in [5, 5.41) is 2.89. The molecule has 3 atom stereocenters. The summed E-state index contributed by atoms with van der Waals surface area (Å²) in [7, 11) is 0. The number of nitrogens with zero attached hydrogens (tertiary/aromatic N) is 2. The summed E-state index contributed by atoms with van der Waals surface area (Å²) in [5.41, 5.74) is 0.694. The van der Waals surface area contributed by atoms with Gasteiger partial charge in [-0.25, -0.2) is 4.39 Å². The van der Waals surface area contributed by atoms with Crippen LogP contribution in [0.25, 0.3) is 0 Å². The van der Waals surface area contributed by atoms with Gasteiger partial charge in [0, 0.05) is 26.1 Å². The molecule has 7 nitrogen and oxygen atoms in total. The van der Waals surface area contributed by atoms with E-state index in [1.807, 2.05) is 26.0 Å². The zero-order chi connectivity index (χ0) is 24.7. The molecule has 2 aliphatic rings. The van der Waals surface area contributed by atoms with Crippen LogP contribution in [0.4, 0.5) is 4.39 Å². The number of halogens is 1. The van der Waals surface area contributed by atoms with Crippen molar-refractivity contribution in [3.8, 4) is 0 Å². The number of nitrogens with one attached hydrogen (secondary N) is 1. The molecule has 0 spiro atoms. The molecule has 3 rings (SSSR count). The Morgan fingerprint density at radius 2 is 1.71 bits per heavy atom. The molecule has 1 aliphatic heterocycles. The first-order chi connectivity index (χ1) is 16.4. The van der Waals surface area contributed by atoms with Gasteiger partial charge in [-0.3, -0.25) is 24.1 Å². The number of likely N-dealkylation sites (tertiary alicyclic amines) is 1. The Morgan fingerprint density at radius 1 is 1.09 bits per heavy atom. The van der Waals surface area contributed by atoms with E-state index >= 15 is 0 Å². The van der Waals surface area contributed by atoms with Crippen molar-refractivity contribution in [2.45, 2.75) is 65.0 Å². The lowest BCUT2D eigenvalue weighted by atomic mass is 9.85. The first kappa shape index (κ1) is 25.6. The number of hydrogen-bond donors (Lipinski definition) is 1. The second-order valence-electron chi connectivity index (χ2n) is 8.95. The molecule has 0 radical (unpaired) electrons. The van der Waals surface area contributed by atoms with E-state index in [1.165, 1.54) is 21.9 Å². The van der Waals surface area contributed by atoms with E-state index in [1.54, 1.807) is 12.1 Å². The van der Waals surface area contributed by atoms with E-state index in [9.17, 15) is 23.6 Å². The van der Waals surface area contributed by atoms with Gasteiger partial charge in [0.2, 0.25) is 23.6 Å². The van der Waals surface area contributed by atoms with Crippen LogP contribution in [0.2, 0.25) is 0 Å². The Morgan fingerprint density at radius 3 is 2.26 bits per heavy atom. The van der Waals surface area contributed by atoms with Gasteiger partial charge < -0.3 is 10.2 Å². The number of rotatable bonds is 11. The lowest BCUT2D eigenvalue weighted by Gasteiger charge is -2.31. The number of allylic oxidation sites excluding steroid dienone is 2. The Bertz CT molecular complexity index is 904. The first-order valence-electron chi connectivity index (χ1n) is 12.2. The third-order valence-electron chi connectivity index (χ3n) is 6.63. The molecule has 1 aliphatic carbocycles. The van der Waals surface area contributed by atoms with E-state index in [-0.39, 0.29) is 60.8 Å². The monoisotopic (exact) mass is 471 g/mol. The second kappa shape index (κ2) is 11.9. The van der Waals surface area contributed by atoms with Crippen LogP contribution >= 0.6 is 0 Å². The number of imide groups is 1. The van der Waals surface area contributed by atoms with Crippen molar-refractivity contribution < 1.29 is 23.6 Å². The fraction of sp³-hybridized carbons (Fsp3) is 0.538. The molecule has 1 heterocycles. The smallest absolute Gasteiger partial charge is 0.242 e. The average Bonchev–Trinajstić information content (AvgIpc) is 3.08. The third-order valence-corrected chi connectivity index (χ3v) is 6.63. The molecule has 1 saturated heterocycles. The molecule has 34 heavy (non-hydrogen) atoms. The van der Waals surface area contributed by atoms with E-state index < -0.39 is 6.04 Å². The van der Waals surface area contributed by atoms with E-state index in [4.69, 9.17) is 0 Å². The maximum atomic E-state index is 13.4. The van der Waals surface area contributed by atoms with Gasteiger partial charge in [-0.15, -0.1) is 0 Å². The van der Waals surface area contributed by atoms with Crippen molar-refractivity contribution >= 4 is 23.6 Å². The summed E-state index contributed by atoms with van der Waals surface area (Å²) in [6.07, 6.45) is 7.06. The number of carbonyl (C=O) groups excluding carboxylic acids is 4. The lowest BCUT2D eigenvalue weighted by molar-refractivity contribution is -0.144. The molecule has 8 heteroatoms. The fourth-order valence-corrected chi connectivity index (χ4v) is 4.65. The van der Waals surface area contributed by atoms with Gasteiger partial charge in [-0.05, 0) is 43.4 Å². The number of benzene rings is 1. The highest BCUT2D eigenvalue weighted by Gasteiger charge is 2.47. The Kier molecular flexibility index (Phi) is 8.96. The molecule has 184 valence electrons. The summed E-state index contributed by atoms with van der Waals surface area (Å²) < 4.78 is 13.4.